The third-order valence-corrected chi connectivity index (χ3v) is 8.35. The second-order valence-electron chi connectivity index (χ2n) is 10.0. The quantitative estimate of drug-likeness (QED) is 0.385. The van der Waals surface area contributed by atoms with Gasteiger partial charge in [0.1, 0.15) is 5.69 Å². The van der Waals surface area contributed by atoms with Crippen molar-refractivity contribution in [3.05, 3.63) is 75.3 Å². The minimum absolute atomic E-state index is 0. The van der Waals surface area contributed by atoms with Crippen molar-refractivity contribution in [3.63, 3.8) is 0 Å². The lowest BCUT2D eigenvalue weighted by Gasteiger charge is -2.44. The fourth-order valence-corrected chi connectivity index (χ4v) is 6.19. The van der Waals surface area contributed by atoms with Gasteiger partial charge in [0.15, 0.2) is 5.82 Å². The highest BCUT2D eigenvalue weighted by atomic mass is 35.5. The van der Waals surface area contributed by atoms with Gasteiger partial charge < -0.3 is 10.6 Å². The molecule has 1 aliphatic carbocycles. The fraction of sp³-hybridized carbons (Fsp3) is 0.370. The highest BCUT2D eigenvalue weighted by Crippen LogP contribution is 2.41. The van der Waals surface area contributed by atoms with E-state index in [-0.39, 0.29) is 47.7 Å². The maximum atomic E-state index is 13.6. The van der Waals surface area contributed by atoms with Crippen LogP contribution in [0.25, 0.3) is 22.3 Å². The summed E-state index contributed by atoms with van der Waals surface area (Å²) in [6, 6.07) is 15.4. The first-order valence-electron chi connectivity index (χ1n) is 12.6. The van der Waals surface area contributed by atoms with Crippen LogP contribution in [0.3, 0.4) is 0 Å². The maximum Gasteiger partial charge on any atom is 0.292 e. The Morgan fingerprint density at radius 1 is 0.974 bits per heavy atom. The fourth-order valence-electron chi connectivity index (χ4n) is 6.00. The van der Waals surface area contributed by atoms with Crippen LogP contribution in [0.15, 0.2) is 53.3 Å². The molecule has 0 atom stereocenters. The first kappa shape index (κ1) is 29.0. The molecule has 6 rings (SSSR count). The number of halogens is 3. The lowest BCUT2D eigenvalue weighted by atomic mass is 9.68. The van der Waals surface area contributed by atoms with Crippen molar-refractivity contribution in [2.45, 2.75) is 43.7 Å². The van der Waals surface area contributed by atoms with Crippen LogP contribution in [0.2, 0.25) is 5.02 Å². The van der Waals surface area contributed by atoms with Gasteiger partial charge in [-0.1, -0.05) is 41.9 Å². The summed E-state index contributed by atoms with van der Waals surface area (Å²) < 4.78 is 3.14. The number of carbonyl (C=O) groups is 1. The summed E-state index contributed by atoms with van der Waals surface area (Å²) in [7, 11) is 1.62. The van der Waals surface area contributed by atoms with Gasteiger partial charge in [-0.25, -0.2) is 4.68 Å². The Morgan fingerprint density at radius 2 is 1.67 bits per heavy atom. The van der Waals surface area contributed by atoms with Crippen molar-refractivity contribution >= 4 is 53.1 Å². The van der Waals surface area contributed by atoms with E-state index in [4.69, 9.17) is 17.3 Å². The predicted molar refractivity (Wildman–Crippen MR) is 156 cm³/mol. The highest BCUT2D eigenvalue weighted by Gasteiger charge is 2.41. The number of nitrogens with zero attached hydrogens (tertiary/aromatic N) is 6. The van der Waals surface area contributed by atoms with Crippen LogP contribution in [-0.2, 0) is 19.0 Å². The van der Waals surface area contributed by atoms with Crippen LogP contribution in [-0.4, -0.2) is 54.5 Å². The molecule has 12 heteroatoms. The smallest absolute Gasteiger partial charge is 0.292 e. The van der Waals surface area contributed by atoms with Gasteiger partial charge in [-0.05, 0) is 49.4 Å². The summed E-state index contributed by atoms with van der Waals surface area (Å²) in [6.45, 7) is 1.68. The molecule has 2 aliphatic rings. The third kappa shape index (κ3) is 4.82. The van der Waals surface area contributed by atoms with E-state index < -0.39 is 0 Å². The molecule has 2 N–H and O–H groups in total. The van der Waals surface area contributed by atoms with Crippen LogP contribution in [0, 0.1) is 0 Å². The van der Waals surface area contributed by atoms with E-state index in [0.29, 0.717) is 47.7 Å². The van der Waals surface area contributed by atoms with Crippen LogP contribution in [0.4, 0.5) is 0 Å². The Balaban J connectivity index is 0.00000176. The van der Waals surface area contributed by atoms with E-state index >= 15 is 0 Å². The second-order valence-corrected chi connectivity index (χ2v) is 10.5. The average molecular weight is 591 g/mol. The molecule has 1 fully saturated rings. The van der Waals surface area contributed by atoms with Crippen LogP contribution >= 0.6 is 36.4 Å². The second kappa shape index (κ2) is 11.3. The summed E-state index contributed by atoms with van der Waals surface area (Å²) in [5, 5.41) is 15.1. The summed E-state index contributed by atoms with van der Waals surface area (Å²) in [4.78, 5) is 28.1. The number of aromatic nitrogens is 5. The third-order valence-electron chi connectivity index (χ3n) is 8.12. The van der Waals surface area contributed by atoms with Crippen LogP contribution < -0.4 is 11.3 Å². The molecular formula is C27H30Cl3N7O2. The molecule has 0 bridgehead atoms. The summed E-state index contributed by atoms with van der Waals surface area (Å²) >= 11 is 6.27. The molecule has 0 saturated heterocycles. The average Bonchev–Trinajstić information content (AvgIpc) is 3.36. The van der Waals surface area contributed by atoms with Gasteiger partial charge in [-0.3, -0.25) is 14.2 Å². The molecule has 4 aromatic rings. The lowest BCUT2D eigenvalue weighted by Crippen LogP contribution is -2.50. The number of nitrogens with two attached hydrogens (primary N) is 1. The molecule has 0 spiro atoms. The van der Waals surface area contributed by atoms with Gasteiger partial charge in [0.25, 0.3) is 11.5 Å². The molecule has 206 valence electrons. The van der Waals surface area contributed by atoms with E-state index in [1.54, 1.807) is 13.1 Å². The molecule has 9 nitrogen and oxygen atoms in total. The summed E-state index contributed by atoms with van der Waals surface area (Å²) in [5.41, 5.74) is 7.70. The molecule has 0 unspecified atom stereocenters. The Bertz CT molecular complexity index is 1580. The predicted octanol–water partition coefficient (Wildman–Crippen LogP) is 3.98. The van der Waals surface area contributed by atoms with Crippen molar-refractivity contribution in [2.24, 2.45) is 12.8 Å². The van der Waals surface area contributed by atoms with Gasteiger partial charge in [-0.2, -0.15) is 5.10 Å². The number of rotatable bonds is 4. The van der Waals surface area contributed by atoms with Gasteiger partial charge in [0, 0.05) is 48.5 Å². The maximum absolute atomic E-state index is 13.6. The summed E-state index contributed by atoms with van der Waals surface area (Å²) in [6.07, 6.45) is 3.52. The molecule has 1 amide bonds. The zero-order valence-corrected chi connectivity index (χ0v) is 23.8. The monoisotopic (exact) mass is 589 g/mol. The Labute approximate surface area is 243 Å². The number of aryl methyl sites for hydroxylation is 1. The Morgan fingerprint density at radius 3 is 2.36 bits per heavy atom. The number of carbonyl (C=O) groups excluding carboxylic acids is 1. The van der Waals surface area contributed by atoms with Gasteiger partial charge in [-0.15, -0.1) is 35.0 Å². The molecule has 0 radical (unpaired) electrons. The zero-order valence-electron chi connectivity index (χ0n) is 21.4. The van der Waals surface area contributed by atoms with Crippen molar-refractivity contribution in [3.8, 4) is 11.5 Å². The van der Waals surface area contributed by atoms with E-state index in [0.717, 1.165) is 30.7 Å². The van der Waals surface area contributed by atoms with Crippen LogP contribution in [0.5, 0.6) is 0 Å². The number of fused-ring (bicyclic) bond motifs is 2. The Hall–Kier alpha value is -2.98. The number of amides is 1. The first-order valence-corrected chi connectivity index (χ1v) is 13.0. The molecule has 2 aromatic heterocycles. The van der Waals surface area contributed by atoms with Gasteiger partial charge in [0.05, 0.1) is 5.39 Å². The highest BCUT2D eigenvalue weighted by molar-refractivity contribution is 6.30. The van der Waals surface area contributed by atoms with E-state index in [2.05, 4.69) is 21.4 Å². The largest absolute Gasteiger partial charge is 0.331 e. The zero-order chi connectivity index (χ0) is 25.7. The van der Waals surface area contributed by atoms with Crippen molar-refractivity contribution in [1.29, 1.82) is 0 Å². The standard InChI is InChI=1S/C27H28ClN7O2.2ClH/c1-33-25(36)21-8-3-2-7-20(21)22(32-33)23-30-31-24-26(37)34(13-14-35(23)24)19-9-11-27(16-29,12-10-19)17-5-4-6-18(28)15-17;;/h2-8,15,19H,9-14,16,29H2,1H3;2*1H. The molecular weight excluding hydrogens is 561 g/mol. The number of hydrogen-bond acceptors (Lipinski definition) is 6. The SMILES string of the molecule is Cl.Cl.Cn1nc(-c2nnc3n2CCN(C2CCC(CN)(c4cccc(Cl)c4)CC2)C3=O)c2ccccc2c1=O. The molecule has 1 saturated carbocycles. The topological polar surface area (TPSA) is 112 Å². The normalized spacial score (nSPS) is 20.7. The summed E-state index contributed by atoms with van der Waals surface area (Å²) in [5.74, 6) is 0.695. The first-order chi connectivity index (χ1) is 17.9. The number of hydrogen-bond donors (Lipinski definition) is 1. The van der Waals surface area contributed by atoms with E-state index in [1.165, 1.54) is 10.2 Å². The van der Waals surface area contributed by atoms with Gasteiger partial charge >= 0.3 is 0 Å². The lowest BCUT2D eigenvalue weighted by molar-refractivity contribution is 0.0523. The minimum atomic E-state index is -0.177. The van der Waals surface area contributed by atoms with Crippen molar-refractivity contribution in [2.75, 3.05) is 13.1 Å². The molecule has 1 aliphatic heterocycles. The van der Waals surface area contributed by atoms with E-state index in [1.807, 2.05) is 45.9 Å². The minimum Gasteiger partial charge on any atom is -0.331 e. The molecule has 39 heavy (non-hydrogen) atoms. The molecule has 2 aromatic carbocycles. The van der Waals surface area contributed by atoms with Crippen molar-refractivity contribution < 1.29 is 4.79 Å². The number of benzene rings is 2. The van der Waals surface area contributed by atoms with E-state index in [9.17, 15) is 9.59 Å². The molecule has 3 heterocycles. The Kier molecular flexibility index (Phi) is 8.37. The van der Waals surface area contributed by atoms with Gasteiger partial charge in [0.2, 0.25) is 5.82 Å². The van der Waals surface area contributed by atoms with Crippen molar-refractivity contribution in [1.82, 2.24) is 29.4 Å². The van der Waals surface area contributed by atoms with Crippen LogP contribution in [0.1, 0.15) is 41.9 Å².